The molecule has 2 atom stereocenters. The Hall–Kier alpha value is -1.35. The molecule has 0 N–H and O–H groups in total. The van der Waals surface area contributed by atoms with Crippen LogP contribution in [0.25, 0.3) is 11.3 Å². The molecule has 0 aliphatic rings. The van der Waals surface area contributed by atoms with Gasteiger partial charge in [0.25, 0.3) is 0 Å². The summed E-state index contributed by atoms with van der Waals surface area (Å²) < 4.78 is 6.07. The number of rotatable bonds is 7. The highest BCUT2D eigenvalue weighted by Gasteiger charge is 2.20. The second kappa shape index (κ2) is 7.77. The van der Waals surface area contributed by atoms with Gasteiger partial charge in [-0.15, -0.1) is 11.3 Å². The maximum Gasteiger partial charge on any atom is 0.126 e. The first-order chi connectivity index (χ1) is 10.6. The van der Waals surface area contributed by atoms with Crippen molar-refractivity contribution in [3.8, 4) is 17.0 Å². The summed E-state index contributed by atoms with van der Waals surface area (Å²) in [5.41, 5.74) is 6.84. The van der Waals surface area contributed by atoms with Crippen LogP contribution < -0.4 is 4.74 Å². The molecular formula is C19H27NOS. The number of hydrogen-bond donors (Lipinski definition) is 0. The van der Waals surface area contributed by atoms with Gasteiger partial charge in [-0.1, -0.05) is 27.7 Å². The first kappa shape index (κ1) is 17.0. The van der Waals surface area contributed by atoms with Crippen molar-refractivity contribution in [2.45, 2.75) is 59.3 Å². The largest absolute Gasteiger partial charge is 0.493 e. The highest BCUT2D eigenvalue weighted by molar-refractivity contribution is 7.07. The number of nitrogens with zero attached hydrogens (tertiary/aromatic N) is 1. The van der Waals surface area contributed by atoms with Crippen molar-refractivity contribution in [2.24, 2.45) is 0 Å². The molecule has 0 aliphatic heterocycles. The van der Waals surface area contributed by atoms with Crippen LogP contribution in [0.2, 0.25) is 0 Å². The van der Waals surface area contributed by atoms with E-state index in [-0.39, 0.29) is 0 Å². The lowest BCUT2D eigenvalue weighted by atomic mass is 9.87. The molecule has 1 aromatic heterocycles. The van der Waals surface area contributed by atoms with Crippen LogP contribution in [0.1, 0.15) is 70.4 Å². The van der Waals surface area contributed by atoms with Gasteiger partial charge in [-0.05, 0) is 54.9 Å². The Morgan fingerprint density at radius 1 is 1.05 bits per heavy atom. The molecule has 2 rings (SSSR count). The minimum atomic E-state index is 0.489. The van der Waals surface area contributed by atoms with E-state index in [0.29, 0.717) is 18.4 Å². The molecular weight excluding hydrogens is 290 g/mol. The number of aromatic nitrogens is 1. The van der Waals surface area contributed by atoms with Gasteiger partial charge in [-0.25, -0.2) is 4.98 Å². The SMILES string of the molecule is CCOc1c(C(C)CC)cc(-c2cscn2)cc1C(C)CC. The highest BCUT2D eigenvalue weighted by atomic mass is 32.1. The van der Waals surface area contributed by atoms with Crippen molar-refractivity contribution in [1.29, 1.82) is 0 Å². The van der Waals surface area contributed by atoms with Crippen LogP contribution in [0.3, 0.4) is 0 Å². The molecule has 3 heteroatoms. The fourth-order valence-corrected chi connectivity index (χ4v) is 3.22. The van der Waals surface area contributed by atoms with Gasteiger partial charge in [0.15, 0.2) is 0 Å². The van der Waals surface area contributed by atoms with E-state index in [4.69, 9.17) is 4.74 Å². The van der Waals surface area contributed by atoms with Gasteiger partial charge in [0, 0.05) is 10.9 Å². The topological polar surface area (TPSA) is 22.1 Å². The fourth-order valence-electron chi connectivity index (χ4n) is 2.66. The molecule has 22 heavy (non-hydrogen) atoms. The molecule has 0 saturated carbocycles. The van der Waals surface area contributed by atoms with Crippen LogP contribution in [-0.4, -0.2) is 11.6 Å². The molecule has 120 valence electrons. The zero-order valence-corrected chi connectivity index (χ0v) is 15.2. The average molecular weight is 317 g/mol. The lowest BCUT2D eigenvalue weighted by Gasteiger charge is -2.23. The van der Waals surface area contributed by atoms with E-state index < -0.39 is 0 Å². The number of hydrogen-bond acceptors (Lipinski definition) is 3. The number of ether oxygens (including phenoxy) is 1. The summed E-state index contributed by atoms with van der Waals surface area (Å²) in [5.74, 6) is 2.08. The van der Waals surface area contributed by atoms with E-state index in [1.807, 2.05) is 5.51 Å². The summed E-state index contributed by atoms with van der Waals surface area (Å²) in [5, 5.41) is 2.12. The predicted octanol–water partition coefficient (Wildman–Crippen LogP) is 6.24. The molecule has 0 bridgehead atoms. The average Bonchev–Trinajstić information content (AvgIpc) is 3.08. The van der Waals surface area contributed by atoms with Crippen LogP contribution in [-0.2, 0) is 0 Å². The number of benzene rings is 1. The summed E-state index contributed by atoms with van der Waals surface area (Å²) in [6, 6.07) is 4.56. The van der Waals surface area contributed by atoms with Gasteiger partial charge in [-0.2, -0.15) is 0 Å². The molecule has 0 radical (unpaired) electrons. The van der Waals surface area contributed by atoms with Crippen molar-refractivity contribution >= 4 is 11.3 Å². The van der Waals surface area contributed by atoms with Crippen LogP contribution in [0.5, 0.6) is 5.75 Å². The van der Waals surface area contributed by atoms with Crippen LogP contribution >= 0.6 is 11.3 Å². The molecule has 2 nitrogen and oxygen atoms in total. The fraction of sp³-hybridized carbons (Fsp3) is 0.526. The standard InChI is InChI=1S/C19H27NOS/c1-6-13(4)16-9-15(18-11-22-12-20-18)10-17(14(5)7-2)19(16)21-8-3/h9-14H,6-8H2,1-5H3. The molecule has 0 fully saturated rings. The maximum absolute atomic E-state index is 6.07. The van der Waals surface area contributed by atoms with Gasteiger partial charge in [0.05, 0.1) is 17.8 Å². The third-order valence-electron chi connectivity index (χ3n) is 4.45. The quantitative estimate of drug-likeness (QED) is 0.603. The lowest BCUT2D eigenvalue weighted by molar-refractivity contribution is 0.328. The summed E-state index contributed by atoms with van der Waals surface area (Å²) in [4.78, 5) is 4.49. The van der Waals surface area contributed by atoms with E-state index in [9.17, 15) is 0 Å². The normalized spacial score (nSPS) is 13.9. The van der Waals surface area contributed by atoms with Gasteiger partial charge in [0.1, 0.15) is 5.75 Å². The third-order valence-corrected chi connectivity index (χ3v) is 5.04. The number of thiazole rings is 1. The molecule has 0 saturated heterocycles. The summed E-state index contributed by atoms with van der Waals surface area (Å²) in [6.45, 7) is 11.8. The molecule has 0 amide bonds. The van der Waals surface area contributed by atoms with E-state index >= 15 is 0 Å². The van der Waals surface area contributed by atoms with Crippen LogP contribution in [0.4, 0.5) is 0 Å². The van der Waals surface area contributed by atoms with E-state index in [0.717, 1.165) is 24.3 Å². The highest BCUT2D eigenvalue weighted by Crippen LogP contribution is 2.40. The second-order valence-electron chi connectivity index (χ2n) is 5.91. The third kappa shape index (κ3) is 3.52. The van der Waals surface area contributed by atoms with E-state index in [1.54, 1.807) is 11.3 Å². The van der Waals surface area contributed by atoms with Crippen molar-refractivity contribution in [3.05, 3.63) is 34.2 Å². The smallest absolute Gasteiger partial charge is 0.126 e. The molecule has 0 spiro atoms. The van der Waals surface area contributed by atoms with Crippen LogP contribution in [0.15, 0.2) is 23.0 Å². The van der Waals surface area contributed by atoms with Crippen molar-refractivity contribution in [2.75, 3.05) is 6.61 Å². The zero-order chi connectivity index (χ0) is 16.1. The van der Waals surface area contributed by atoms with E-state index in [1.165, 1.54) is 16.7 Å². The van der Waals surface area contributed by atoms with Gasteiger partial charge in [0.2, 0.25) is 0 Å². The Labute approximate surface area is 138 Å². The minimum Gasteiger partial charge on any atom is -0.493 e. The Bertz CT molecular complexity index is 560. The Morgan fingerprint density at radius 2 is 1.64 bits per heavy atom. The van der Waals surface area contributed by atoms with Gasteiger partial charge in [-0.3, -0.25) is 0 Å². The monoisotopic (exact) mass is 317 g/mol. The molecule has 1 heterocycles. The first-order valence-corrected chi connectivity index (χ1v) is 9.25. The van der Waals surface area contributed by atoms with Gasteiger partial charge < -0.3 is 4.74 Å². The maximum atomic E-state index is 6.07. The van der Waals surface area contributed by atoms with Gasteiger partial charge >= 0.3 is 0 Å². The van der Waals surface area contributed by atoms with Crippen molar-refractivity contribution < 1.29 is 4.74 Å². The summed E-state index contributed by atoms with van der Waals surface area (Å²) in [6.07, 6.45) is 2.22. The molecule has 2 aromatic rings. The predicted molar refractivity (Wildman–Crippen MR) is 96.1 cm³/mol. The van der Waals surface area contributed by atoms with E-state index in [2.05, 4.69) is 57.1 Å². The molecule has 0 aliphatic carbocycles. The summed E-state index contributed by atoms with van der Waals surface area (Å²) >= 11 is 1.65. The van der Waals surface area contributed by atoms with Crippen LogP contribution in [0, 0.1) is 0 Å². The molecule has 2 unspecified atom stereocenters. The zero-order valence-electron chi connectivity index (χ0n) is 14.3. The first-order valence-electron chi connectivity index (χ1n) is 8.31. The Balaban J connectivity index is 2.64. The lowest BCUT2D eigenvalue weighted by Crippen LogP contribution is -2.06. The van der Waals surface area contributed by atoms with Crippen molar-refractivity contribution in [3.63, 3.8) is 0 Å². The minimum absolute atomic E-state index is 0.489. The molecule has 1 aromatic carbocycles. The summed E-state index contributed by atoms with van der Waals surface area (Å²) in [7, 11) is 0. The Kier molecular flexibility index (Phi) is 6.01. The van der Waals surface area contributed by atoms with Crippen molar-refractivity contribution in [1.82, 2.24) is 4.98 Å². The second-order valence-corrected chi connectivity index (χ2v) is 6.63. The Morgan fingerprint density at radius 3 is 2.05 bits per heavy atom.